The van der Waals surface area contributed by atoms with Crippen LogP contribution < -0.4 is 3.11 Å². The third-order valence-electron chi connectivity index (χ3n) is 2.04. The van der Waals surface area contributed by atoms with E-state index in [0.717, 1.165) is 5.84 Å². The van der Waals surface area contributed by atoms with Gasteiger partial charge in [-0.15, -0.1) is 0 Å². The molecule has 0 aromatic heterocycles. The Morgan fingerprint density at radius 3 is 2.21 bits per heavy atom. The largest absolute Gasteiger partial charge is 0.270 e. The molecule has 0 aliphatic carbocycles. The Morgan fingerprint density at radius 1 is 1.29 bits per heavy atom. The molecular weight excluding hydrogens is 402 g/mol. The van der Waals surface area contributed by atoms with Gasteiger partial charge in [0.1, 0.15) is 5.84 Å². The van der Waals surface area contributed by atoms with Crippen LogP contribution in [0.4, 0.5) is 5.69 Å². The van der Waals surface area contributed by atoms with Crippen molar-refractivity contribution in [3.05, 3.63) is 29.3 Å². The molecule has 0 radical (unpaired) electrons. The lowest BCUT2D eigenvalue weighted by molar-refractivity contribution is 1.34. The minimum Gasteiger partial charge on any atom is -0.270 e. The highest BCUT2D eigenvalue weighted by Crippen LogP contribution is 2.27. The fourth-order valence-electron chi connectivity index (χ4n) is 1.31. The van der Waals surface area contributed by atoms with E-state index in [-0.39, 0.29) is 0 Å². The first-order valence-corrected chi connectivity index (χ1v) is 6.18. The van der Waals surface area contributed by atoms with Gasteiger partial charge in [0.2, 0.25) is 0 Å². The van der Waals surface area contributed by atoms with Gasteiger partial charge in [0, 0.05) is 0 Å². The van der Waals surface area contributed by atoms with E-state index in [1.165, 1.54) is 16.8 Å². The highest BCUT2D eigenvalue weighted by Gasteiger charge is 2.10. The van der Waals surface area contributed by atoms with Crippen LogP contribution >= 0.6 is 45.7 Å². The molecule has 0 aliphatic rings. The van der Waals surface area contributed by atoms with Crippen LogP contribution in [0.15, 0.2) is 21.4 Å². The van der Waals surface area contributed by atoms with Crippen molar-refractivity contribution in [1.82, 2.24) is 0 Å². The van der Waals surface area contributed by atoms with E-state index in [4.69, 9.17) is 0 Å². The molecule has 0 fully saturated rings. The zero-order chi connectivity index (χ0) is 10.7. The van der Waals surface area contributed by atoms with Gasteiger partial charge in [0.25, 0.3) is 0 Å². The second-order valence-corrected chi connectivity index (χ2v) is 4.60. The SMILES string of the molecule is CC(=NI)N(I)c1c(C)cccc1C. The summed E-state index contributed by atoms with van der Waals surface area (Å²) in [5.74, 6) is 1.00. The highest BCUT2D eigenvalue weighted by molar-refractivity contribution is 14.1. The van der Waals surface area contributed by atoms with Gasteiger partial charge >= 0.3 is 0 Å². The first kappa shape index (κ1) is 12.2. The lowest BCUT2D eigenvalue weighted by atomic mass is 10.1. The second kappa shape index (κ2) is 5.29. The topological polar surface area (TPSA) is 15.6 Å². The Hall–Kier alpha value is 0.150. The van der Waals surface area contributed by atoms with Crippen molar-refractivity contribution in [1.29, 1.82) is 0 Å². The molecule has 0 saturated carbocycles. The van der Waals surface area contributed by atoms with Crippen molar-refractivity contribution in [2.45, 2.75) is 20.8 Å². The predicted molar refractivity (Wildman–Crippen MR) is 79.5 cm³/mol. The monoisotopic (exact) mass is 414 g/mol. The number of para-hydroxylation sites is 1. The van der Waals surface area contributed by atoms with E-state index >= 15 is 0 Å². The highest BCUT2D eigenvalue weighted by atomic mass is 127. The molecular formula is C10H12I2N2. The molecule has 0 amide bonds. The standard InChI is InChI=1S/C10H12I2N2/c1-7-5-4-6-8(2)10(7)14(12)9(3)13-11/h4-6H,1-3H3. The maximum atomic E-state index is 4.15. The van der Waals surface area contributed by atoms with E-state index in [1.807, 2.05) is 29.8 Å². The van der Waals surface area contributed by atoms with E-state index < -0.39 is 0 Å². The molecule has 0 heterocycles. The predicted octanol–water partition coefficient (Wildman–Crippen LogP) is 4.23. The van der Waals surface area contributed by atoms with Crippen molar-refractivity contribution < 1.29 is 0 Å². The molecule has 0 bridgehead atoms. The normalized spacial score (nSPS) is 11.6. The summed E-state index contributed by atoms with van der Waals surface area (Å²) >= 11 is 4.30. The smallest absolute Gasteiger partial charge is 0.121 e. The third-order valence-corrected chi connectivity index (χ3v) is 3.92. The molecule has 0 aliphatic heterocycles. The van der Waals surface area contributed by atoms with Crippen LogP contribution in [0, 0.1) is 13.8 Å². The molecule has 76 valence electrons. The van der Waals surface area contributed by atoms with Crippen LogP contribution in [-0.2, 0) is 0 Å². The molecule has 2 nitrogen and oxygen atoms in total. The van der Waals surface area contributed by atoms with Crippen LogP contribution in [-0.4, -0.2) is 5.84 Å². The van der Waals surface area contributed by atoms with Gasteiger partial charge in [0.05, 0.1) is 51.4 Å². The Kier molecular flexibility index (Phi) is 4.62. The lowest BCUT2D eigenvalue weighted by Gasteiger charge is -2.19. The number of nitrogens with zero attached hydrogens (tertiary/aromatic N) is 2. The number of halogens is 2. The van der Waals surface area contributed by atoms with Crippen LogP contribution in [0.2, 0.25) is 0 Å². The molecule has 0 N–H and O–H groups in total. The number of hydrogen-bond donors (Lipinski definition) is 0. The lowest BCUT2D eigenvalue weighted by Crippen LogP contribution is -2.17. The van der Waals surface area contributed by atoms with E-state index in [1.54, 1.807) is 0 Å². The van der Waals surface area contributed by atoms with E-state index in [0.29, 0.717) is 0 Å². The molecule has 0 atom stereocenters. The van der Waals surface area contributed by atoms with Crippen LogP contribution in [0.3, 0.4) is 0 Å². The number of hydrogen-bond acceptors (Lipinski definition) is 1. The Labute approximate surface area is 113 Å². The summed E-state index contributed by atoms with van der Waals surface area (Å²) in [6.07, 6.45) is 0. The van der Waals surface area contributed by atoms with Crippen molar-refractivity contribution in [2.75, 3.05) is 3.11 Å². The molecule has 1 aromatic rings. The van der Waals surface area contributed by atoms with Gasteiger partial charge in [0.15, 0.2) is 0 Å². The fraction of sp³-hybridized carbons (Fsp3) is 0.300. The molecule has 1 rings (SSSR count). The van der Waals surface area contributed by atoms with Crippen LogP contribution in [0.5, 0.6) is 0 Å². The van der Waals surface area contributed by atoms with Gasteiger partial charge in [-0.3, -0.25) is 3.11 Å². The van der Waals surface area contributed by atoms with Crippen molar-refractivity contribution in [3.63, 3.8) is 0 Å². The number of benzene rings is 1. The molecule has 1 aromatic carbocycles. The van der Waals surface area contributed by atoms with Crippen molar-refractivity contribution >= 4 is 57.3 Å². The summed E-state index contributed by atoms with van der Waals surface area (Å²) in [6, 6.07) is 6.32. The zero-order valence-corrected chi connectivity index (χ0v) is 12.7. The molecule has 0 spiro atoms. The summed E-state index contributed by atoms with van der Waals surface area (Å²) in [4.78, 5) is 0. The summed E-state index contributed by atoms with van der Waals surface area (Å²) in [5, 5.41) is 0. The van der Waals surface area contributed by atoms with E-state index in [9.17, 15) is 0 Å². The summed E-state index contributed by atoms with van der Waals surface area (Å²) in [7, 11) is 0. The maximum Gasteiger partial charge on any atom is 0.121 e. The second-order valence-electron chi connectivity index (χ2n) is 3.15. The number of amidine groups is 1. The van der Waals surface area contributed by atoms with Crippen LogP contribution in [0.1, 0.15) is 18.1 Å². The Balaban J connectivity index is 3.18. The fourth-order valence-corrected chi connectivity index (χ4v) is 2.81. The quantitative estimate of drug-likeness (QED) is 0.291. The van der Waals surface area contributed by atoms with Crippen molar-refractivity contribution in [2.24, 2.45) is 3.21 Å². The Bertz CT molecular complexity index is 341. The first-order valence-electron chi connectivity index (χ1n) is 4.25. The van der Waals surface area contributed by atoms with Gasteiger partial charge in [-0.05, 0) is 31.9 Å². The molecule has 4 heteroatoms. The number of rotatable bonds is 1. The molecule has 0 saturated heterocycles. The average molecular weight is 414 g/mol. The minimum atomic E-state index is 1.00. The maximum absolute atomic E-state index is 4.15. The summed E-state index contributed by atoms with van der Waals surface area (Å²) in [6.45, 7) is 6.24. The Morgan fingerprint density at radius 2 is 1.79 bits per heavy atom. The average Bonchev–Trinajstić information content (AvgIpc) is 2.16. The zero-order valence-electron chi connectivity index (χ0n) is 8.38. The number of aryl methyl sites for hydroxylation is 2. The molecule has 14 heavy (non-hydrogen) atoms. The molecule has 0 unspecified atom stereocenters. The summed E-state index contributed by atoms with van der Waals surface area (Å²) < 4.78 is 6.24. The van der Waals surface area contributed by atoms with E-state index in [2.05, 4.69) is 61.2 Å². The minimum absolute atomic E-state index is 1.00. The first-order chi connectivity index (χ1) is 6.57. The van der Waals surface area contributed by atoms with Gasteiger partial charge < -0.3 is 0 Å². The van der Waals surface area contributed by atoms with Crippen molar-refractivity contribution in [3.8, 4) is 0 Å². The number of anilines is 1. The third kappa shape index (κ3) is 2.59. The van der Waals surface area contributed by atoms with Gasteiger partial charge in [-0.1, -0.05) is 18.2 Å². The summed E-state index contributed by atoms with van der Waals surface area (Å²) in [5.41, 5.74) is 3.80. The van der Waals surface area contributed by atoms with Gasteiger partial charge in [-0.25, -0.2) is 3.21 Å². The van der Waals surface area contributed by atoms with Crippen LogP contribution in [0.25, 0.3) is 0 Å². The van der Waals surface area contributed by atoms with Gasteiger partial charge in [-0.2, -0.15) is 0 Å².